The van der Waals surface area contributed by atoms with E-state index in [1.807, 2.05) is 36.4 Å². The molecule has 5 nitrogen and oxygen atoms in total. The highest BCUT2D eigenvalue weighted by molar-refractivity contribution is 5.92. The summed E-state index contributed by atoms with van der Waals surface area (Å²) in [5, 5.41) is 11.1. The third-order valence-electron chi connectivity index (χ3n) is 4.58. The van der Waals surface area contributed by atoms with Crippen LogP contribution < -0.4 is 5.32 Å². The van der Waals surface area contributed by atoms with E-state index in [-0.39, 0.29) is 11.9 Å². The van der Waals surface area contributed by atoms with Gasteiger partial charge in [-0.3, -0.25) is 9.48 Å². The van der Waals surface area contributed by atoms with E-state index in [9.17, 15) is 4.79 Å². The number of carbonyl (C=O) groups excluding carboxylic acids is 1. The molecule has 1 heterocycles. The Kier molecular flexibility index (Phi) is 4.29. The van der Waals surface area contributed by atoms with Gasteiger partial charge in [0.2, 0.25) is 0 Å². The Labute approximate surface area is 146 Å². The van der Waals surface area contributed by atoms with Gasteiger partial charge < -0.3 is 5.32 Å². The van der Waals surface area contributed by atoms with Crippen LogP contribution in [0.4, 0.5) is 0 Å². The first-order valence-corrected chi connectivity index (χ1v) is 8.59. The van der Waals surface area contributed by atoms with Crippen LogP contribution in [-0.2, 0) is 13.0 Å². The molecule has 1 aliphatic carbocycles. The first kappa shape index (κ1) is 15.6. The van der Waals surface area contributed by atoms with Gasteiger partial charge >= 0.3 is 0 Å². The maximum absolute atomic E-state index is 12.3. The number of aryl methyl sites for hydroxylation is 2. The first-order valence-electron chi connectivity index (χ1n) is 8.59. The zero-order chi connectivity index (χ0) is 17.1. The topological polar surface area (TPSA) is 59.8 Å². The van der Waals surface area contributed by atoms with Crippen molar-refractivity contribution in [2.75, 3.05) is 0 Å². The second-order valence-electron chi connectivity index (χ2n) is 6.44. The molecule has 4 rings (SSSR count). The maximum atomic E-state index is 12.3. The van der Waals surface area contributed by atoms with Gasteiger partial charge in [0.25, 0.3) is 5.91 Å². The second-order valence-corrected chi connectivity index (χ2v) is 6.44. The van der Waals surface area contributed by atoms with Crippen molar-refractivity contribution in [2.45, 2.75) is 31.3 Å². The summed E-state index contributed by atoms with van der Waals surface area (Å²) < 4.78 is 1.73. The molecule has 126 valence electrons. The smallest absolute Gasteiger partial charge is 0.273 e. The molecule has 1 aliphatic rings. The molecule has 0 saturated heterocycles. The van der Waals surface area contributed by atoms with E-state index in [0.29, 0.717) is 18.2 Å². The number of nitrogens with zero attached hydrogens (tertiary/aromatic N) is 3. The zero-order valence-electron chi connectivity index (χ0n) is 13.9. The Morgan fingerprint density at radius 3 is 2.56 bits per heavy atom. The summed E-state index contributed by atoms with van der Waals surface area (Å²) in [6.45, 7) is 0.709. The van der Waals surface area contributed by atoms with E-state index in [0.717, 1.165) is 12.8 Å². The maximum Gasteiger partial charge on any atom is 0.273 e. The molecule has 0 spiro atoms. The van der Waals surface area contributed by atoms with Crippen LogP contribution in [0.2, 0.25) is 0 Å². The van der Waals surface area contributed by atoms with Gasteiger partial charge in [-0.1, -0.05) is 65.9 Å². The van der Waals surface area contributed by atoms with Crippen molar-refractivity contribution < 1.29 is 4.79 Å². The number of hydrogen-bond acceptors (Lipinski definition) is 3. The lowest BCUT2D eigenvalue weighted by Crippen LogP contribution is -2.26. The Hall–Kier alpha value is -2.95. The van der Waals surface area contributed by atoms with Crippen molar-refractivity contribution in [3.05, 3.63) is 83.7 Å². The second kappa shape index (κ2) is 6.89. The lowest BCUT2D eigenvalue weighted by molar-refractivity contribution is 0.0945. The number of benzene rings is 2. The predicted octanol–water partition coefficient (Wildman–Crippen LogP) is 2.81. The number of aromatic nitrogens is 3. The highest BCUT2D eigenvalue weighted by atomic mass is 16.2. The summed E-state index contributed by atoms with van der Waals surface area (Å²) in [6, 6.07) is 20.7. The van der Waals surface area contributed by atoms with Crippen molar-refractivity contribution in [1.82, 2.24) is 20.3 Å². The molecular weight excluding hydrogens is 312 g/mol. The highest BCUT2D eigenvalue weighted by Crippen LogP contribution is 2.40. The fraction of sp³-hybridized carbons (Fsp3) is 0.250. The lowest BCUT2D eigenvalue weighted by Gasteiger charge is -2.02. The van der Waals surface area contributed by atoms with E-state index >= 15 is 0 Å². The van der Waals surface area contributed by atoms with Crippen LogP contribution in [0.3, 0.4) is 0 Å². The van der Waals surface area contributed by atoms with Gasteiger partial charge in [-0.2, -0.15) is 0 Å². The van der Waals surface area contributed by atoms with Gasteiger partial charge in [0, 0.05) is 18.5 Å². The quantitative estimate of drug-likeness (QED) is 0.755. The molecule has 1 amide bonds. The molecule has 5 heteroatoms. The van der Waals surface area contributed by atoms with Crippen LogP contribution in [0.1, 0.15) is 34.0 Å². The number of rotatable bonds is 6. The normalized spacial score (nSPS) is 18.7. The third-order valence-corrected chi connectivity index (χ3v) is 4.58. The molecule has 0 radical (unpaired) electrons. The summed E-state index contributed by atoms with van der Waals surface area (Å²) >= 11 is 0. The zero-order valence-corrected chi connectivity index (χ0v) is 13.9. The fourth-order valence-corrected chi connectivity index (χ4v) is 3.07. The average molecular weight is 332 g/mol. The van der Waals surface area contributed by atoms with E-state index in [4.69, 9.17) is 0 Å². The van der Waals surface area contributed by atoms with E-state index in [1.165, 1.54) is 11.1 Å². The molecule has 1 aromatic heterocycles. The van der Waals surface area contributed by atoms with Crippen LogP contribution in [-0.4, -0.2) is 26.9 Å². The Morgan fingerprint density at radius 2 is 1.80 bits per heavy atom. The number of carbonyl (C=O) groups is 1. The summed E-state index contributed by atoms with van der Waals surface area (Å²) in [4.78, 5) is 12.3. The lowest BCUT2D eigenvalue weighted by atomic mass is 10.1. The van der Waals surface area contributed by atoms with Crippen molar-refractivity contribution >= 4 is 5.91 Å². The standard InChI is InChI=1S/C20H20N4O/c25-20(21-18-13-17(18)16-9-5-2-6-10-16)19-14-24(23-22-19)12-11-15-7-3-1-4-8-15/h1-10,14,17-18H,11-13H2,(H,21,25)/t17-,18+/m0/s1. The summed E-state index contributed by atoms with van der Waals surface area (Å²) in [5.74, 6) is 0.271. The summed E-state index contributed by atoms with van der Waals surface area (Å²) in [6.07, 6.45) is 3.57. The molecule has 25 heavy (non-hydrogen) atoms. The minimum Gasteiger partial charge on any atom is -0.347 e. The van der Waals surface area contributed by atoms with Crippen LogP contribution in [0, 0.1) is 0 Å². The number of nitrogens with one attached hydrogen (secondary N) is 1. The van der Waals surface area contributed by atoms with E-state index < -0.39 is 0 Å². The molecule has 0 aliphatic heterocycles. The number of amides is 1. The van der Waals surface area contributed by atoms with E-state index in [2.05, 4.69) is 39.9 Å². The van der Waals surface area contributed by atoms with Gasteiger partial charge in [-0.25, -0.2) is 0 Å². The minimum atomic E-state index is -0.144. The van der Waals surface area contributed by atoms with Gasteiger partial charge in [0.15, 0.2) is 5.69 Å². The monoisotopic (exact) mass is 332 g/mol. The van der Waals surface area contributed by atoms with Crippen molar-refractivity contribution in [3.63, 3.8) is 0 Å². The van der Waals surface area contributed by atoms with Crippen LogP contribution in [0.25, 0.3) is 0 Å². The van der Waals surface area contributed by atoms with Crippen LogP contribution in [0.5, 0.6) is 0 Å². The Balaban J connectivity index is 1.31. The van der Waals surface area contributed by atoms with Gasteiger partial charge in [0.1, 0.15) is 0 Å². The van der Waals surface area contributed by atoms with Crippen molar-refractivity contribution in [2.24, 2.45) is 0 Å². The summed E-state index contributed by atoms with van der Waals surface area (Å²) in [5.41, 5.74) is 2.90. The van der Waals surface area contributed by atoms with Gasteiger partial charge in [-0.05, 0) is 24.0 Å². The predicted molar refractivity (Wildman–Crippen MR) is 95.2 cm³/mol. The average Bonchev–Trinajstić information content (AvgIpc) is 3.26. The Bertz CT molecular complexity index is 844. The first-order chi connectivity index (χ1) is 12.3. The SMILES string of the molecule is O=C(N[C@@H]1C[C@H]1c1ccccc1)c1cn(CCc2ccccc2)nn1. The molecule has 0 unspecified atom stereocenters. The minimum absolute atomic E-state index is 0.144. The molecule has 0 bridgehead atoms. The molecule has 2 aromatic carbocycles. The van der Waals surface area contributed by atoms with Crippen LogP contribution >= 0.6 is 0 Å². The Morgan fingerprint density at radius 1 is 1.08 bits per heavy atom. The largest absolute Gasteiger partial charge is 0.347 e. The summed E-state index contributed by atoms with van der Waals surface area (Å²) in [7, 11) is 0. The third kappa shape index (κ3) is 3.76. The molecular formula is C20H20N4O. The highest BCUT2D eigenvalue weighted by Gasteiger charge is 2.39. The molecule has 1 saturated carbocycles. The van der Waals surface area contributed by atoms with Gasteiger partial charge in [0.05, 0.1) is 6.20 Å². The molecule has 1 N–H and O–H groups in total. The molecule has 3 aromatic rings. The van der Waals surface area contributed by atoms with E-state index in [1.54, 1.807) is 10.9 Å². The van der Waals surface area contributed by atoms with Gasteiger partial charge in [-0.15, -0.1) is 5.10 Å². The molecule has 1 fully saturated rings. The van der Waals surface area contributed by atoms with Crippen molar-refractivity contribution in [3.8, 4) is 0 Å². The number of hydrogen-bond donors (Lipinski definition) is 1. The van der Waals surface area contributed by atoms with Crippen LogP contribution in [0.15, 0.2) is 66.9 Å². The van der Waals surface area contributed by atoms with Crippen molar-refractivity contribution in [1.29, 1.82) is 0 Å². The fourth-order valence-electron chi connectivity index (χ4n) is 3.07. The molecule has 2 atom stereocenters.